The third-order valence-electron chi connectivity index (χ3n) is 3.08. The average molecular weight is 282 g/mol. The first-order valence-electron chi connectivity index (χ1n) is 6.35. The molecule has 102 valence electrons. The van der Waals surface area contributed by atoms with Gasteiger partial charge in [-0.1, -0.05) is 23.7 Å². The lowest BCUT2D eigenvalue weighted by atomic mass is 10.1. The molecule has 1 atom stereocenters. The summed E-state index contributed by atoms with van der Waals surface area (Å²) in [5, 5.41) is 3.46. The van der Waals surface area contributed by atoms with Crippen LogP contribution < -0.4 is 5.32 Å². The summed E-state index contributed by atoms with van der Waals surface area (Å²) in [6.07, 6.45) is 3.49. The van der Waals surface area contributed by atoms with Crippen molar-refractivity contribution >= 4 is 11.6 Å². The van der Waals surface area contributed by atoms with E-state index in [1.807, 2.05) is 12.1 Å². The normalized spacial score (nSPS) is 12.6. The van der Waals surface area contributed by atoms with Gasteiger partial charge in [0.15, 0.2) is 0 Å². The fourth-order valence-corrected chi connectivity index (χ4v) is 2.08. The Hall–Kier alpha value is -1.32. The van der Waals surface area contributed by atoms with Gasteiger partial charge >= 0.3 is 0 Å². The van der Waals surface area contributed by atoms with Gasteiger partial charge < -0.3 is 9.73 Å². The molecule has 0 saturated carbocycles. The number of aryl methyl sites for hydroxylation is 1. The summed E-state index contributed by atoms with van der Waals surface area (Å²) < 4.78 is 19.0. The van der Waals surface area contributed by atoms with E-state index in [1.54, 1.807) is 24.5 Å². The maximum Gasteiger partial charge on any atom is 0.146 e. The highest BCUT2D eigenvalue weighted by atomic mass is 35.5. The Morgan fingerprint density at radius 3 is 2.89 bits per heavy atom. The van der Waals surface area contributed by atoms with Gasteiger partial charge in [-0.2, -0.15) is 0 Å². The molecule has 2 rings (SSSR count). The molecule has 1 aromatic carbocycles. The van der Waals surface area contributed by atoms with Gasteiger partial charge in [-0.3, -0.25) is 0 Å². The van der Waals surface area contributed by atoms with Crippen LogP contribution in [0.4, 0.5) is 4.39 Å². The lowest BCUT2D eigenvalue weighted by Gasteiger charge is -2.13. The summed E-state index contributed by atoms with van der Waals surface area (Å²) in [7, 11) is 0. The second-order valence-corrected chi connectivity index (χ2v) is 5.02. The van der Waals surface area contributed by atoms with E-state index < -0.39 is 0 Å². The monoisotopic (exact) mass is 281 g/mol. The van der Waals surface area contributed by atoms with Gasteiger partial charge in [0, 0.05) is 24.6 Å². The predicted octanol–water partition coefficient (Wildman–Crippen LogP) is 4.18. The van der Waals surface area contributed by atoms with E-state index in [9.17, 15) is 4.39 Å². The Labute approximate surface area is 117 Å². The van der Waals surface area contributed by atoms with Crippen LogP contribution >= 0.6 is 11.6 Å². The topological polar surface area (TPSA) is 25.2 Å². The number of hydrogen-bond acceptors (Lipinski definition) is 2. The van der Waals surface area contributed by atoms with Crippen molar-refractivity contribution in [3.8, 4) is 0 Å². The van der Waals surface area contributed by atoms with Gasteiger partial charge in [-0.05, 0) is 31.5 Å². The zero-order valence-electron chi connectivity index (χ0n) is 10.8. The van der Waals surface area contributed by atoms with Crippen molar-refractivity contribution < 1.29 is 8.81 Å². The van der Waals surface area contributed by atoms with Gasteiger partial charge in [0.1, 0.15) is 11.6 Å². The first kappa shape index (κ1) is 14.1. The van der Waals surface area contributed by atoms with E-state index in [4.69, 9.17) is 16.0 Å². The molecule has 2 aromatic rings. The van der Waals surface area contributed by atoms with E-state index >= 15 is 0 Å². The second-order valence-electron chi connectivity index (χ2n) is 4.61. The molecule has 1 heterocycles. The van der Waals surface area contributed by atoms with E-state index in [0.717, 1.165) is 18.6 Å². The van der Waals surface area contributed by atoms with Crippen molar-refractivity contribution in [3.63, 3.8) is 0 Å². The first-order chi connectivity index (χ1) is 9.16. The zero-order chi connectivity index (χ0) is 13.7. The SMILES string of the molecule is CC(CCc1ccco1)NCc1cccc(Cl)c1F. The first-order valence-corrected chi connectivity index (χ1v) is 6.73. The molecule has 4 heteroatoms. The van der Waals surface area contributed by atoms with Crippen molar-refractivity contribution in [2.24, 2.45) is 0 Å². The Morgan fingerprint density at radius 2 is 2.16 bits per heavy atom. The van der Waals surface area contributed by atoms with Gasteiger partial charge in [0.25, 0.3) is 0 Å². The molecule has 1 unspecified atom stereocenters. The molecule has 0 aliphatic rings. The summed E-state index contributed by atoms with van der Waals surface area (Å²) in [5.41, 5.74) is 0.595. The molecule has 0 fully saturated rings. The molecule has 0 radical (unpaired) electrons. The Kier molecular flexibility index (Phi) is 5.00. The van der Waals surface area contributed by atoms with Crippen molar-refractivity contribution in [2.75, 3.05) is 0 Å². The van der Waals surface area contributed by atoms with E-state index in [-0.39, 0.29) is 16.9 Å². The summed E-state index contributed by atoms with van der Waals surface area (Å²) in [6, 6.07) is 9.19. The van der Waals surface area contributed by atoms with Crippen LogP contribution in [0.2, 0.25) is 5.02 Å². The predicted molar refractivity (Wildman–Crippen MR) is 74.7 cm³/mol. The second kappa shape index (κ2) is 6.73. The lowest BCUT2D eigenvalue weighted by Crippen LogP contribution is -2.26. The average Bonchev–Trinajstić information content (AvgIpc) is 2.91. The quantitative estimate of drug-likeness (QED) is 0.859. The summed E-state index contributed by atoms with van der Waals surface area (Å²) in [5.74, 6) is 0.637. The largest absolute Gasteiger partial charge is 0.469 e. The van der Waals surface area contributed by atoms with Crippen molar-refractivity contribution in [2.45, 2.75) is 32.4 Å². The summed E-state index contributed by atoms with van der Waals surface area (Å²) >= 11 is 5.74. The van der Waals surface area contributed by atoms with E-state index in [2.05, 4.69) is 12.2 Å². The molecule has 0 bridgehead atoms. The Morgan fingerprint density at radius 1 is 1.32 bits per heavy atom. The highest BCUT2D eigenvalue weighted by molar-refractivity contribution is 6.30. The maximum absolute atomic E-state index is 13.7. The number of halogens is 2. The molecule has 2 nitrogen and oxygen atoms in total. The molecule has 19 heavy (non-hydrogen) atoms. The molecular formula is C15H17ClFNO. The minimum atomic E-state index is -0.338. The summed E-state index contributed by atoms with van der Waals surface area (Å²) in [4.78, 5) is 0. The molecule has 1 N–H and O–H groups in total. The number of rotatable bonds is 6. The van der Waals surface area contributed by atoms with Crippen LogP contribution in [-0.4, -0.2) is 6.04 Å². The van der Waals surface area contributed by atoms with Gasteiger partial charge in [0.2, 0.25) is 0 Å². The zero-order valence-corrected chi connectivity index (χ0v) is 11.6. The number of benzene rings is 1. The molecule has 0 spiro atoms. The fourth-order valence-electron chi connectivity index (χ4n) is 1.88. The Balaban J connectivity index is 1.80. The molecule has 0 aliphatic heterocycles. The third kappa shape index (κ3) is 4.08. The van der Waals surface area contributed by atoms with Crippen LogP contribution in [0.1, 0.15) is 24.7 Å². The number of nitrogens with one attached hydrogen (secondary N) is 1. The highest BCUT2D eigenvalue weighted by Crippen LogP contribution is 2.17. The third-order valence-corrected chi connectivity index (χ3v) is 3.37. The number of furan rings is 1. The molecule has 0 saturated heterocycles. The minimum absolute atomic E-state index is 0.169. The minimum Gasteiger partial charge on any atom is -0.469 e. The van der Waals surface area contributed by atoms with Crippen LogP contribution in [0.15, 0.2) is 41.0 Å². The standard InChI is InChI=1S/C15H17ClFNO/c1-11(7-8-13-5-3-9-19-13)18-10-12-4-2-6-14(16)15(12)17/h2-6,9,11,18H,7-8,10H2,1H3. The van der Waals surface area contributed by atoms with Crippen molar-refractivity contribution in [3.05, 3.63) is 58.8 Å². The van der Waals surface area contributed by atoms with Crippen molar-refractivity contribution in [1.82, 2.24) is 5.32 Å². The van der Waals surface area contributed by atoms with Crippen LogP contribution in [0, 0.1) is 5.82 Å². The van der Waals surface area contributed by atoms with E-state index in [1.165, 1.54) is 0 Å². The Bertz CT molecular complexity index is 513. The van der Waals surface area contributed by atoms with Crippen LogP contribution in [0.25, 0.3) is 0 Å². The van der Waals surface area contributed by atoms with Crippen LogP contribution in [-0.2, 0) is 13.0 Å². The van der Waals surface area contributed by atoms with Gasteiger partial charge in [0.05, 0.1) is 11.3 Å². The van der Waals surface area contributed by atoms with Crippen LogP contribution in [0.3, 0.4) is 0 Å². The van der Waals surface area contributed by atoms with Gasteiger partial charge in [-0.15, -0.1) is 0 Å². The van der Waals surface area contributed by atoms with Crippen LogP contribution in [0.5, 0.6) is 0 Å². The van der Waals surface area contributed by atoms with Crippen molar-refractivity contribution in [1.29, 1.82) is 0 Å². The number of hydrogen-bond donors (Lipinski definition) is 1. The summed E-state index contributed by atoms with van der Waals surface area (Å²) in [6.45, 7) is 2.55. The maximum atomic E-state index is 13.7. The van der Waals surface area contributed by atoms with Gasteiger partial charge in [-0.25, -0.2) is 4.39 Å². The molecule has 0 amide bonds. The lowest BCUT2D eigenvalue weighted by molar-refractivity contribution is 0.456. The smallest absolute Gasteiger partial charge is 0.146 e. The molecular weight excluding hydrogens is 265 g/mol. The van der Waals surface area contributed by atoms with E-state index in [0.29, 0.717) is 12.1 Å². The molecule has 1 aromatic heterocycles. The fraction of sp³-hybridized carbons (Fsp3) is 0.333. The molecule has 0 aliphatic carbocycles. The highest BCUT2D eigenvalue weighted by Gasteiger charge is 2.08.